The predicted octanol–water partition coefficient (Wildman–Crippen LogP) is 5.30. The van der Waals surface area contributed by atoms with Gasteiger partial charge in [-0.2, -0.15) is 0 Å². The third-order valence-corrected chi connectivity index (χ3v) is 4.96. The second kappa shape index (κ2) is 8.58. The van der Waals surface area contributed by atoms with E-state index in [0.717, 1.165) is 12.5 Å². The number of nitrogens with one attached hydrogen (secondary N) is 1. The Morgan fingerprint density at radius 2 is 1.71 bits per heavy atom. The Hall–Kier alpha value is -0.820. The molecule has 1 aromatic carbocycles. The van der Waals surface area contributed by atoms with E-state index in [0.29, 0.717) is 12.0 Å². The zero-order valence-electron chi connectivity index (χ0n) is 14.2. The normalized spacial score (nSPS) is 18.1. The zero-order chi connectivity index (χ0) is 15.1. The van der Waals surface area contributed by atoms with Crippen LogP contribution in [-0.4, -0.2) is 12.6 Å². The third-order valence-electron chi connectivity index (χ3n) is 4.96. The van der Waals surface area contributed by atoms with Gasteiger partial charge >= 0.3 is 0 Å². The van der Waals surface area contributed by atoms with Crippen molar-refractivity contribution in [2.24, 2.45) is 5.92 Å². The summed E-state index contributed by atoms with van der Waals surface area (Å²) in [7, 11) is 0. The number of likely N-dealkylation sites (N-methyl/N-ethyl adjacent to an activating group) is 1. The molecule has 0 radical (unpaired) electrons. The fourth-order valence-corrected chi connectivity index (χ4v) is 3.68. The first kappa shape index (κ1) is 16.5. The van der Waals surface area contributed by atoms with Crippen LogP contribution in [0.15, 0.2) is 24.3 Å². The second-order valence-corrected chi connectivity index (χ2v) is 7.09. The third kappa shape index (κ3) is 5.47. The Bertz CT molecular complexity index is 387. The molecule has 0 amide bonds. The Kier molecular flexibility index (Phi) is 6.76. The van der Waals surface area contributed by atoms with E-state index >= 15 is 0 Å². The highest BCUT2D eigenvalue weighted by molar-refractivity contribution is 5.25. The molecule has 1 nitrogen and oxygen atoms in total. The molecule has 2 rings (SSSR count). The van der Waals surface area contributed by atoms with Crippen LogP contribution in [0.25, 0.3) is 0 Å². The molecule has 1 atom stereocenters. The van der Waals surface area contributed by atoms with Crippen molar-refractivity contribution in [3.63, 3.8) is 0 Å². The van der Waals surface area contributed by atoms with Gasteiger partial charge in [0.1, 0.15) is 0 Å². The first-order chi connectivity index (χ1) is 10.2. The van der Waals surface area contributed by atoms with Gasteiger partial charge in [0.25, 0.3) is 0 Å². The van der Waals surface area contributed by atoms with Crippen LogP contribution in [0, 0.1) is 5.92 Å². The highest BCUT2D eigenvalue weighted by atomic mass is 14.9. The van der Waals surface area contributed by atoms with Gasteiger partial charge in [-0.1, -0.05) is 77.1 Å². The van der Waals surface area contributed by atoms with Crippen LogP contribution in [0.2, 0.25) is 0 Å². The van der Waals surface area contributed by atoms with E-state index < -0.39 is 0 Å². The SMILES string of the molecule is CCNC(Cc1ccc(C(C)C)cc1)CC1CCCCC1. The minimum atomic E-state index is 0.630. The molecule has 0 aliphatic heterocycles. The molecular formula is C20H33N. The molecule has 118 valence electrons. The van der Waals surface area contributed by atoms with E-state index in [1.54, 1.807) is 0 Å². The van der Waals surface area contributed by atoms with Crippen molar-refractivity contribution in [3.8, 4) is 0 Å². The first-order valence-corrected chi connectivity index (χ1v) is 9.01. The van der Waals surface area contributed by atoms with Gasteiger partial charge < -0.3 is 5.32 Å². The number of hydrogen-bond donors (Lipinski definition) is 1. The van der Waals surface area contributed by atoms with Crippen molar-refractivity contribution in [1.82, 2.24) is 5.32 Å². The van der Waals surface area contributed by atoms with Crippen molar-refractivity contribution in [3.05, 3.63) is 35.4 Å². The minimum absolute atomic E-state index is 0.630. The summed E-state index contributed by atoms with van der Waals surface area (Å²) in [5, 5.41) is 3.72. The van der Waals surface area contributed by atoms with Crippen LogP contribution in [0.4, 0.5) is 0 Å². The lowest BCUT2D eigenvalue weighted by atomic mass is 9.83. The van der Waals surface area contributed by atoms with E-state index in [-0.39, 0.29) is 0 Å². The molecule has 1 saturated carbocycles. The Morgan fingerprint density at radius 1 is 1.05 bits per heavy atom. The molecule has 1 aromatic rings. The lowest BCUT2D eigenvalue weighted by Gasteiger charge is -2.27. The molecule has 1 N–H and O–H groups in total. The van der Waals surface area contributed by atoms with E-state index in [4.69, 9.17) is 0 Å². The maximum atomic E-state index is 3.72. The topological polar surface area (TPSA) is 12.0 Å². The second-order valence-electron chi connectivity index (χ2n) is 7.09. The van der Waals surface area contributed by atoms with Crippen molar-refractivity contribution < 1.29 is 0 Å². The molecule has 21 heavy (non-hydrogen) atoms. The van der Waals surface area contributed by atoms with Gasteiger partial charge in [0, 0.05) is 6.04 Å². The summed E-state index contributed by atoms with van der Waals surface area (Å²) in [4.78, 5) is 0. The van der Waals surface area contributed by atoms with Crippen molar-refractivity contribution in [1.29, 1.82) is 0 Å². The Balaban J connectivity index is 1.91. The quantitative estimate of drug-likeness (QED) is 0.717. The predicted molar refractivity (Wildman–Crippen MR) is 92.9 cm³/mol. The van der Waals surface area contributed by atoms with Crippen LogP contribution >= 0.6 is 0 Å². The molecule has 0 aromatic heterocycles. The largest absolute Gasteiger partial charge is 0.314 e. The van der Waals surface area contributed by atoms with Crippen LogP contribution in [-0.2, 0) is 6.42 Å². The lowest BCUT2D eigenvalue weighted by Crippen LogP contribution is -2.33. The van der Waals surface area contributed by atoms with Gasteiger partial charge in [0.05, 0.1) is 0 Å². The van der Waals surface area contributed by atoms with Gasteiger partial charge in [0.2, 0.25) is 0 Å². The molecule has 1 fully saturated rings. The minimum Gasteiger partial charge on any atom is -0.314 e. The van der Waals surface area contributed by atoms with Crippen molar-refractivity contribution in [2.45, 2.75) is 77.7 Å². The molecule has 1 aliphatic rings. The molecule has 0 heterocycles. The van der Waals surface area contributed by atoms with E-state index in [2.05, 4.69) is 50.4 Å². The zero-order valence-corrected chi connectivity index (χ0v) is 14.2. The smallest absolute Gasteiger partial charge is 0.0110 e. The molecular weight excluding hydrogens is 254 g/mol. The molecule has 0 saturated heterocycles. The number of benzene rings is 1. The summed E-state index contributed by atoms with van der Waals surface area (Å²) >= 11 is 0. The summed E-state index contributed by atoms with van der Waals surface area (Å²) in [6, 6.07) is 9.94. The van der Waals surface area contributed by atoms with Gasteiger partial charge in [-0.25, -0.2) is 0 Å². The average molecular weight is 287 g/mol. The molecule has 0 bridgehead atoms. The maximum absolute atomic E-state index is 3.72. The van der Waals surface area contributed by atoms with Crippen LogP contribution < -0.4 is 5.32 Å². The van der Waals surface area contributed by atoms with Gasteiger partial charge in [-0.05, 0) is 42.3 Å². The monoisotopic (exact) mass is 287 g/mol. The standard InChI is InChI=1S/C20H33N/c1-4-21-20(14-17-8-6-5-7-9-17)15-18-10-12-19(13-11-18)16(2)3/h10-13,16-17,20-21H,4-9,14-15H2,1-3H3. The average Bonchev–Trinajstić information content (AvgIpc) is 2.49. The van der Waals surface area contributed by atoms with Crippen LogP contribution in [0.1, 0.15) is 76.3 Å². The van der Waals surface area contributed by atoms with E-state index in [1.165, 1.54) is 56.1 Å². The van der Waals surface area contributed by atoms with Gasteiger partial charge in [-0.3, -0.25) is 0 Å². The summed E-state index contributed by atoms with van der Waals surface area (Å²) in [6.07, 6.45) is 9.81. The molecule has 1 aliphatic carbocycles. The van der Waals surface area contributed by atoms with Crippen molar-refractivity contribution in [2.75, 3.05) is 6.54 Å². The number of rotatable bonds is 7. The molecule has 0 spiro atoms. The molecule has 1 unspecified atom stereocenters. The highest BCUT2D eigenvalue weighted by Gasteiger charge is 2.18. The fourth-order valence-electron chi connectivity index (χ4n) is 3.68. The van der Waals surface area contributed by atoms with Crippen LogP contribution in [0.5, 0.6) is 0 Å². The maximum Gasteiger partial charge on any atom is 0.0110 e. The fraction of sp³-hybridized carbons (Fsp3) is 0.700. The van der Waals surface area contributed by atoms with Gasteiger partial charge in [0.15, 0.2) is 0 Å². The van der Waals surface area contributed by atoms with Crippen LogP contribution in [0.3, 0.4) is 0 Å². The first-order valence-electron chi connectivity index (χ1n) is 9.01. The summed E-state index contributed by atoms with van der Waals surface area (Å²) < 4.78 is 0. The van der Waals surface area contributed by atoms with Crippen molar-refractivity contribution >= 4 is 0 Å². The summed E-state index contributed by atoms with van der Waals surface area (Å²) in [5.41, 5.74) is 2.94. The van der Waals surface area contributed by atoms with E-state index in [1.807, 2.05) is 0 Å². The Labute approximate surface area is 131 Å². The number of hydrogen-bond acceptors (Lipinski definition) is 1. The molecule has 1 heteroatoms. The summed E-state index contributed by atoms with van der Waals surface area (Å²) in [6.45, 7) is 7.84. The highest BCUT2D eigenvalue weighted by Crippen LogP contribution is 2.28. The summed E-state index contributed by atoms with van der Waals surface area (Å²) in [5.74, 6) is 1.59. The lowest BCUT2D eigenvalue weighted by molar-refractivity contribution is 0.298. The Morgan fingerprint density at radius 3 is 2.29 bits per heavy atom. The van der Waals surface area contributed by atoms with E-state index in [9.17, 15) is 0 Å². The van der Waals surface area contributed by atoms with Gasteiger partial charge in [-0.15, -0.1) is 0 Å².